The van der Waals surface area contributed by atoms with E-state index in [1.54, 1.807) is 19.2 Å². The SMILES string of the molecule is COc1ccc2nc(NC3CCC(O)CC3)c(=O)[nH]c2c1OC. The number of H-pyrrole nitrogens is 1. The fourth-order valence-electron chi connectivity index (χ4n) is 2.99. The number of nitrogens with zero attached hydrogens (tertiary/aromatic N) is 1. The Morgan fingerprint density at radius 2 is 1.96 bits per heavy atom. The number of hydrogen-bond acceptors (Lipinski definition) is 6. The molecule has 0 amide bonds. The minimum Gasteiger partial charge on any atom is -0.493 e. The van der Waals surface area contributed by atoms with Crippen molar-refractivity contribution in [2.75, 3.05) is 19.5 Å². The van der Waals surface area contributed by atoms with E-state index in [-0.39, 0.29) is 17.7 Å². The summed E-state index contributed by atoms with van der Waals surface area (Å²) in [5.74, 6) is 1.30. The number of fused-ring (bicyclic) bond motifs is 1. The van der Waals surface area contributed by atoms with Gasteiger partial charge in [-0.2, -0.15) is 0 Å². The highest BCUT2D eigenvalue weighted by atomic mass is 16.5. The lowest BCUT2D eigenvalue weighted by Crippen LogP contribution is -2.31. The summed E-state index contributed by atoms with van der Waals surface area (Å²) >= 11 is 0. The fourth-order valence-corrected chi connectivity index (χ4v) is 2.99. The number of hydrogen-bond donors (Lipinski definition) is 3. The van der Waals surface area contributed by atoms with Crippen molar-refractivity contribution in [2.45, 2.75) is 37.8 Å². The van der Waals surface area contributed by atoms with Crippen LogP contribution in [0.1, 0.15) is 25.7 Å². The van der Waals surface area contributed by atoms with Gasteiger partial charge in [0.2, 0.25) is 0 Å². The average Bonchev–Trinajstić information content (AvgIpc) is 2.56. The molecule has 23 heavy (non-hydrogen) atoms. The van der Waals surface area contributed by atoms with E-state index in [1.807, 2.05) is 0 Å². The van der Waals surface area contributed by atoms with Crippen molar-refractivity contribution in [2.24, 2.45) is 0 Å². The zero-order valence-corrected chi connectivity index (χ0v) is 13.3. The lowest BCUT2D eigenvalue weighted by molar-refractivity contribution is 0.126. The van der Waals surface area contributed by atoms with Gasteiger partial charge >= 0.3 is 0 Å². The Kier molecular flexibility index (Phi) is 4.38. The molecule has 0 saturated heterocycles. The smallest absolute Gasteiger partial charge is 0.291 e. The van der Waals surface area contributed by atoms with E-state index in [1.165, 1.54) is 7.11 Å². The molecule has 1 fully saturated rings. The van der Waals surface area contributed by atoms with Gasteiger partial charge in [-0.1, -0.05) is 0 Å². The van der Waals surface area contributed by atoms with Crippen molar-refractivity contribution in [3.8, 4) is 11.5 Å². The van der Waals surface area contributed by atoms with Gasteiger partial charge in [0.15, 0.2) is 17.3 Å². The third kappa shape index (κ3) is 3.10. The molecule has 3 rings (SSSR count). The minimum absolute atomic E-state index is 0.157. The predicted octanol–water partition coefficient (Wildman–Crippen LogP) is 1.66. The molecule has 1 aliphatic rings. The van der Waals surface area contributed by atoms with E-state index in [0.717, 1.165) is 25.7 Å². The number of rotatable bonds is 4. The zero-order chi connectivity index (χ0) is 16.4. The van der Waals surface area contributed by atoms with Gasteiger partial charge in [0, 0.05) is 6.04 Å². The first kappa shape index (κ1) is 15.6. The number of methoxy groups -OCH3 is 2. The van der Waals surface area contributed by atoms with Gasteiger partial charge < -0.3 is 24.9 Å². The number of nitrogens with one attached hydrogen (secondary N) is 2. The number of benzene rings is 1. The summed E-state index contributed by atoms with van der Waals surface area (Å²) in [6.07, 6.45) is 2.91. The largest absolute Gasteiger partial charge is 0.493 e. The van der Waals surface area contributed by atoms with Gasteiger partial charge in [0.25, 0.3) is 5.56 Å². The maximum Gasteiger partial charge on any atom is 0.291 e. The molecule has 0 radical (unpaired) electrons. The Labute approximate surface area is 133 Å². The number of aliphatic hydroxyl groups excluding tert-OH is 1. The summed E-state index contributed by atoms with van der Waals surface area (Å²) in [4.78, 5) is 19.5. The summed E-state index contributed by atoms with van der Waals surface area (Å²) < 4.78 is 10.6. The molecule has 0 spiro atoms. The first-order valence-corrected chi connectivity index (χ1v) is 7.72. The first-order chi connectivity index (χ1) is 11.1. The molecule has 0 aliphatic heterocycles. The van der Waals surface area contributed by atoms with Crippen molar-refractivity contribution in [3.63, 3.8) is 0 Å². The van der Waals surface area contributed by atoms with E-state index >= 15 is 0 Å². The van der Waals surface area contributed by atoms with E-state index in [0.29, 0.717) is 28.4 Å². The lowest BCUT2D eigenvalue weighted by Gasteiger charge is -2.26. The lowest BCUT2D eigenvalue weighted by atomic mass is 9.93. The van der Waals surface area contributed by atoms with E-state index < -0.39 is 0 Å². The van der Waals surface area contributed by atoms with Crippen molar-refractivity contribution in [1.82, 2.24) is 9.97 Å². The Bertz CT molecular complexity index is 751. The van der Waals surface area contributed by atoms with Gasteiger partial charge in [0.05, 0.1) is 25.8 Å². The number of ether oxygens (including phenoxy) is 2. The molecule has 1 aromatic heterocycles. The summed E-state index contributed by atoms with van der Waals surface area (Å²) in [5, 5.41) is 12.7. The maximum absolute atomic E-state index is 12.3. The van der Waals surface area contributed by atoms with Crippen LogP contribution in [0.2, 0.25) is 0 Å². The molecular formula is C16H21N3O4. The Morgan fingerprint density at radius 3 is 2.61 bits per heavy atom. The molecule has 7 nitrogen and oxygen atoms in total. The maximum atomic E-state index is 12.3. The van der Waals surface area contributed by atoms with Gasteiger partial charge in [0.1, 0.15) is 5.52 Å². The van der Waals surface area contributed by atoms with Crippen LogP contribution in [0, 0.1) is 0 Å². The van der Waals surface area contributed by atoms with Crippen molar-refractivity contribution in [3.05, 3.63) is 22.5 Å². The van der Waals surface area contributed by atoms with Crippen molar-refractivity contribution >= 4 is 16.9 Å². The van der Waals surface area contributed by atoms with Crippen LogP contribution < -0.4 is 20.3 Å². The van der Waals surface area contributed by atoms with Crippen LogP contribution in [0.4, 0.5) is 5.82 Å². The second-order valence-corrected chi connectivity index (χ2v) is 5.76. The average molecular weight is 319 g/mol. The molecule has 7 heteroatoms. The molecule has 0 unspecified atom stereocenters. The van der Waals surface area contributed by atoms with E-state index in [9.17, 15) is 9.90 Å². The van der Waals surface area contributed by atoms with Crippen LogP contribution in [-0.2, 0) is 0 Å². The van der Waals surface area contributed by atoms with Gasteiger partial charge in [-0.15, -0.1) is 0 Å². The summed E-state index contributed by atoms with van der Waals surface area (Å²) in [6.45, 7) is 0. The molecule has 124 valence electrons. The molecule has 0 atom stereocenters. The Balaban J connectivity index is 1.94. The number of aliphatic hydroxyl groups is 1. The van der Waals surface area contributed by atoms with Gasteiger partial charge in [-0.25, -0.2) is 4.98 Å². The third-order valence-corrected chi connectivity index (χ3v) is 4.25. The second kappa shape index (κ2) is 6.45. The summed E-state index contributed by atoms with van der Waals surface area (Å²) in [6, 6.07) is 3.69. The quantitative estimate of drug-likeness (QED) is 0.793. The highest BCUT2D eigenvalue weighted by Crippen LogP contribution is 2.33. The highest BCUT2D eigenvalue weighted by Gasteiger charge is 2.21. The Morgan fingerprint density at radius 1 is 1.22 bits per heavy atom. The molecule has 1 saturated carbocycles. The van der Waals surface area contributed by atoms with E-state index in [4.69, 9.17) is 9.47 Å². The van der Waals surface area contributed by atoms with Crippen LogP contribution in [-0.4, -0.2) is 41.4 Å². The molecule has 1 heterocycles. The van der Waals surface area contributed by atoms with Crippen LogP contribution in [0.3, 0.4) is 0 Å². The molecule has 0 bridgehead atoms. The minimum atomic E-state index is -0.296. The fraction of sp³-hybridized carbons (Fsp3) is 0.500. The first-order valence-electron chi connectivity index (χ1n) is 7.72. The van der Waals surface area contributed by atoms with Crippen LogP contribution in [0.25, 0.3) is 11.0 Å². The number of aromatic nitrogens is 2. The standard InChI is InChI=1S/C16H21N3O4/c1-22-12-8-7-11-13(14(12)23-2)19-16(21)15(18-11)17-9-3-5-10(20)6-4-9/h7-10,20H,3-6H2,1-2H3,(H,17,18)(H,19,21). The normalized spacial score (nSPS) is 21.2. The van der Waals surface area contributed by atoms with Gasteiger partial charge in [-0.05, 0) is 37.8 Å². The number of aromatic amines is 1. The van der Waals surface area contributed by atoms with Gasteiger partial charge in [-0.3, -0.25) is 4.79 Å². The van der Waals surface area contributed by atoms with Crippen molar-refractivity contribution in [1.29, 1.82) is 0 Å². The van der Waals surface area contributed by atoms with Crippen LogP contribution in [0.15, 0.2) is 16.9 Å². The Hall–Kier alpha value is -2.28. The van der Waals surface area contributed by atoms with Crippen molar-refractivity contribution < 1.29 is 14.6 Å². The molecule has 1 aliphatic carbocycles. The van der Waals surface area contributed by atoms with E-state index in [2.05, 4.69) is 15.3 Å². The molecule has 1 aromatic carbocycles. The summed E-state index contributed by atoms with van der Waals surface area (Å²) in [7, 11) is 3.07. The molecular weight excluding hydrogens is 298 g/mol. The predicted molar refractivity (Wildman–Crippen MR) is 87.4 cm³/mol. The number of anilines is 1. The molecule has 2 aromatic rings. The topological polar surface area (TPSA) is 96.5 Å². The second-order valence-electron chi connectivity index (χ2n) is 5.76. The van der Waals surface area contributed by atoms with Crippen LogP contribution in [0.5, 0.6) is 11.5 Å². The third-order valence-electron chi connectivity index (χ3n) is 4.25. The zero-order valence-electron chi connectivity index (χ0n) is 13.3. The monoisotopic (exact) mass is 319 g/mol. The van der Waals surface area contributed by atoms with Crippen LogP contribution >= 0.6 is 0 Å². The highest BCUT2D eigenvalue weighted by molar-refractivity contribution is 5.84. The molecule has 3 N–H and O–H groups in total. The summed E-state index contributed by atoms with van der Waals surface area (Å²) in [5.41, 5.74) is 0.845.